The molecule has 0 unspecified atom stereocenters. The van der Waals surface area contributed by atoms with Crippen LogP contribution in [0.3, 0.4) is 0 Å². The van der Waals surface area contributed by atoms with Gasteiger partial charge in [0.1, 0.15) is 0 Å². The van der Waals surface area contributed by atoms with Gasteiger partial charge in [-0.25, -0.2) is 0 Å². The summed E-state index contributed by atoms with van der Waals surface area (Å²) in [7, 11) is 0. The monoisotopic (exact) mass is 183 g/mol. The van der Waals surface area contributed by atoms with Gasteiger partial charge in [-0.2, -0.15) is 0 Å². The Hall–Kier alpha value is -0.940. The molecule has 5 heteroatoms. The van der Waals surface area contributed by atoms with Crippen LogP contribution < -0.4 is 5.73 Å². The molecule has 1 aliphatic heterocycles. The van der Waals surface area contributed by atoms with Crippen LogP contribution in [0.15, 0.2) is 4.42 Å². The van der Waals surface area contributed by atoms with Gasteiger partial charge in [0.05, 0.1) is 6.54 Å². The molecule has 1 aliphatic rings. The molecule has 2 N–H and O–H groups in total. The molecule has 0 spiro atoms. The Morgan fingerprint density at radius 3 is 2.69 bits per heavy atom. The van der Waals surface area contributed by atoms with E-state index in [-0.39, 0.29) is 0 Å². The Morgan fingerprint density at radius 2 is 2.08 bits per heavy atom. The molecule has 0 radical (unpaired) electrons. The van der Waals surface area contributed by atoms with Crippen molar-refractivity contribution in [3.05, 3.63) is 11.8 Å². The minimum Gasteiger partial charge on any atom is -0.424 e. The van der Waals surface area contributed by atoms with Gasteiger partial charge in [-0.05, 0) is 12.8 Å². The van der Waals surface area contributed by atoms with Crippen molar-refractivity contribution in [3.63, 3.8) is 0 Å². The highest BCUT2D eigenvalue weighted by molar-refractivity contribution is 4.92. The Kier molecular flexibility index (Phi) is 2.56. The van der Waals surface area contributed by atoms with E-state index in [4.69, 9.17) is 14.9 Å². The molecule has 2 rings (SSSR count). The van der Waals surface area contributed by atoms with Gasteiger partial charge in [0.2, 0.25) is 11.8 Å². The number of nitrogens with two attached hydrogens (primary N) is 1. The van der Waals surface area contributed by atoms with Gasteiger partial charge in [-0.15, -0.1) is 10.2 Å². The lowest BCUT2D eigenvalue weighted by Gasteiger charge is -2.18. The number of hydrogen-bond donors (Lipinski definition) is 1. The first-order valence-corrected chi connectivity index (χ1v) is 4.50. The smallest absolute Gasteiger partial charge is 0.230 e. The Bertz CT molecular complexity index is 268. The fourth-order valence-corrected chi connectivity index (χ4v) is 1.46. The minimum absolute atomic E-state index is 0.316. The number of hydrogen-bond acceptors (Lipinski definition) is 5. The molecule has 1 aromatic heterocycles. The molecule has 5 nitrogen and oxygen atoms in total. The Labute approximate surface area is 76.3 Å². The van der Waals surface area contributed by atoms with E-state index in [2.05, 4.69) is 10.2 Å². The van der Waals surface area contributed by atoms with Gasteiger partial charge < -0.3 is 14.9 Å². The Morgan fingerprint density at radius 1 is 1.31 bits per heavy atom. The topological polar surface area (TPSA) is 74.2 Å². The predicted octanol–water partition coefficient (Wildman–Crippen LogP) is 0.422. The normalized spacial score (nSPS) is 19.2. The van der Waals surface area contributed by atoms with Gasteiger partial charge in [-0.3, -0.25) is 0 Å². The van der Waals surface area contributed by atoms with Crippen molar-refractivity contribution in [2.75, 3.05) is 13.2 Å². The molecular formula is C8H13N3O2. The van der Waals surface area contributed by atoms with Crippen molar-refractivity contribution in [2.24, 2.45) is 5.73 Å². The van der Waals surface area contributed by atoms with Crippen molar-refractivity contribution < 1.29 is 9.15 Å². The lowest BCUT2D eigenvalue weighted by Crippen LogP contribution is -2.14. The maximum atomic E-state index is 5.37. The highest BCUT2D eigenvalue weighted by atomic mass is 16.5. The second-order valence-electron chi connectivity index (χ2n) is 3.12. The zero-order valence-electron chi connectivity index (χ0n) is 7.40. The summed E-state index contributed by atoms with van der Waals surface area (Å²) in [5.74, 6) is 1.59. The van der Waals surface area contributed by atoms with E-state index in [1.165, 1.54) is 0 Å². The van der Waals surface area contributed by atoms with E-state index in [9.17, 15) is 0 Å². The molecule has 0 amide bonds. The molecule has 0 atom stereocenters. The van der Waals surface area contributed by atoms with Crippen LogP contribution in [0.4, 0.5) is 0 Å². The highest BCUT2D eigenvalue weighted by Gasteiger charge is 2.21. The van der Waals surface area contributed by atoms with E-state index in [0.717, 1.165) is 26.1 Å². The fourth-order valence-electron chi connectivity index (χ4n) is 1.46. The number of nitrogens with zero attached hydrogens (tertiary/aromatic N) is 2. The molecule has 13 heavy (non-hydrogen) atoms. The second-order valence-corrected chi connectivity index (χ2v) is 3.12. The summed E-state index contributed by atoms with van der Waals surface area (Å²) in [6.45, 7) is 1.88. The minimum atomic E-state index is 0.316. The summed E-state index contributed by atoms with van der Waals surface area (Å²) in [5, 5.41) is 7.79. The molecule has 0 bridgehead atoms. The second kappa shape index (κ2) is 3.85. The zero-order valence-corrected chi connectivity index (χ0v) is 7.40. The van der Waals surface area contributed by atoms with Crippen LogP contribution in [-0.2, 0) is 11.3 Å². The summed E-state index contributed by atoms with van der Waals surface area (Å²) in [4.78, 5) is 0. The first-order chi connectivity index (χ1) is 6.40. The number of rotatable bonds is 2. The summed E-state index contributed by atoms with van der Waals surface area (Å²) in [5.41, 5.74) is 5.37. The highest BCUT2D eigenvalue weighted by Crippen LogP contribution is 2.25. The summed E-state index contributed by atoms with van der Waals surface area (Å²) >= 11 is 0. The first-order valence-electron chi connectivity index (χ1n) is 4.50. The predicted molar refractivity (Wildman–Crippen MR) is 45.0 cm³/mol. The lowest BCUT2D eigenvalue weighted by molar-refractivity contribution is 0.0791. The average Bonchev–Trinajstić information content (AvgIpc) is 2.67. The standard InChI is InChI=1S/C8H13N3O2/c9-5-7-10-11-8(13-7)6-1-3-12-4-2-6/h6H,1-5,9H2. The first kappa shape index (κ1) is 8.65. The van der Waals surface area contributed by atoms with E-state index < -0.39 is 0 Å². The molecule has 1 saturated heterocycles. The molecule has 72 valence electrons. The summed E-state index contributed by atoms with van der Waals surface area (Å²) in [6, 6.07) is 0. The molecular weight excluding hydrogens is 170 g/mol. The van der Waals surface area contributed by atoms with Gasteiger partial charge in [0, 0.05) is 19.1 Å². The van der Waals surface area contributed by atoms with E-state index in [1.54, 1.807) is 0 Å². The SMILES string of the molecule is NCc1nnc(C2CCOCC2)o1. The zero-order chi connectivity index (χ0) is 9.10. The molecule has 0 saturated carbocycles. The third-order valence-corrected chi connectivity index (χ3v) is 2.23. The maximum absolute atomic E-state index is 5.37. The van der Waals surface area contributed by atoms with E-state index in [1.807, 2.05) is 0 Å². The molecule has 1 fully saturated rings. The van der Waals surface area contributed by atoms with Crippen molar-refractivity contribution in [1.29, 1.82) is 0 Å². The van der Waals surface area contributed by atoms with Crippen LogP contribution in [0.1, 0.15) is 30.5 Å². The van der Waals surface area contributed by atoms with Gasteiger partial charge >= 0.3 is 0 Å². The van der Waals surface area contributed by atoms with Crippen LogP contribution in [0.5, 0.6) is 0 Å². The fraction of sp³-hybridized carbons (Fsp3) is 0.750. The molecule has 0 aromatic carbocycles. The molecule has 2 heterocycles. The summed E-state index contributed by atoms with van der Waals surface area (Å²) < 4.78 is 10.6. The molecule has 0 aliphatic carbocycles. The quantitative estimate of drug-likeness (QED) is 0.719. The number of ether oxygens (including phenoxy) is 1. The lowest BCUT2D eigenvalue weighted by atomic mass is 10.0. The van der Waals surface area contributed by atoms with Crippen LogP contribution >= 0.6 is 0 Å². The van der Waals surface area contributed by atoms with Crippen molar-refractivity contribution in [1.82, 2.24) is 10.2 Å². The number of aromatic nitrogens is 2. The van der Waals surface area contributed by atoms with Crippen LogP contribution in [0, 0.1) is 0 Å². The maximum Gasteiger partial charge on any atom is 0.230 e. The van der Waals surface area contributed by atoms with Crippen LogP contribution in [0.25, 0.3) is 0 Å². The van der Waals surface area contributed by atoms with E-state index >= 15 is 0 Å². The van der Waals surface area contributed by atoms with Crippen molar-refractivity contribution >= 4 is 0 Å². The summed E-state index contributed by atoms with van der Waals surface area (Å²) in [6.07, 6.45) is 1.93. The van der Waals surface area contributed by atoms with E-state index in [0.29, 0.717) is 24.2 Å². The van der Waals surface area contributed by atoms with Crippen LogP contribution in [0.2, 0.25) is 0 Å². The molecule has 1 aromatic rings. The third-order valence-electron chi connectivity index (χ3n) is 2.23. The Balaban J connectivity index is 2.05. The van der Waals surface area contributed by atoms with Crippen molar-refractivity contribution in [2.45, 2.75) is 25.3 Å². The third kappa shape index (κ3) is 1.87. The van der Waals surface area contributed by atoms with Gasteiger partial charge in [0.15, 0.2) is 0 Å². The van der Waals surface area contributed by atoms with Gasteiger partial charge in [0.25, 0.3) is 0 Å². The average molecular weight is 183 g/mol. The largest absolute Gasteiger partial charge is 0.424 e. The van der Waals surface area contributed by atoms with Crippen LogP contribution in [-0.4, -0.2) is 23.4 Å². The van der Waals surface area contributed by atoms with Gasteiger partial charge in [-0.1, -0.05) is 0 Å². The van der Waals surface area contributed by atoms with Crippen molar-refractivity contribution in [3.8, 4) is 0 Å².